The van der Waals surface area contributed by atoms with Crippen LogP contribution in [-0.2, 0) is 54.2 Å². The quantitative estimate of drug-likeness (QED) is 0.0241. The number of anilines is 1. The lowest BCUT2D eigenvalue weighted by Gasteiger charge is -2.16. The zero-order valence-electron chi connectivity index (χ0n) is 33.0. The highest BCUT2D eigenvalue weighted by molar-refractivity contribution is 7.87. The summed E-state index contributed by atoms with van der Waals surface area (Å²) in [6, 6.07) is 15.2. The van der Waals surface area contributed by atoms with E-state index in [2.05, 4.69) is 30.7 Å². The Morgan fingerprint density at radius 3 is 1.92 bits per heavy atom. The van der Waals surface area contributed by atoms with Gasteiger partial charge >= 0.3 is 11.9 Å². The van der Waals surface area contributed by atoms with E-state index in [0.29, 0.717) is 29.0 Å². The maximum absolute atomic E-state index is 13.4. The third kappa shape index (κ3) is 9.82. The summed E-state index contributed by atoms with van der Waals surface area (Å²) in [7, 11) is -4.30. The number of fused-ring (bicyclic) bond motifs is 1. The van der Waals surface area contributed by atoms with Crippen molar-refractivity contribution in [1.82, 2.24) is 0 Å². The number of phenolic OH excluding ortho intramolecular Hbond substituents is 1. The van der Waals surface area contributed by atoms with Gasteiger partial charge in [0.05, 0.1) is 74.8 Å². The molecule has 5 aromatic carbocycles. The van der Waals surface area contributed by atoms with E-state index >= 15 is 0 Å². The van der Waals surface area contributed by atoms with Gasteiger partial charge in [-0.05, 0) is 66.6 Å². The molecule has 0 aromatic heterocycles. The van der Waals surface area contributed by atoms with Gasteiger partial charge in [-0.15, -0.1) is 15.3 Å². The van der Waals surface area contributed by atoms with Crippen molar-refractivity contribution >= 4 is 89.2 Å². The molecule has 0 atom stereocenters. The van der Waals surface area contributed by atoms with Gasteiger partial charge in [0.15, 0.2) is 5.75 Å². The van der Waals surface area contributed by atoms with Crippen molar-refractivity contribution in [3.63, 3.8) is 0 Å². The van der Waals surface area contributed by atoms with E-state index in [1.807, 2.05) is 0 Å². The lowest BCUT2D eigenvalue weighted by molar-refractivity contribution is -0.129. The Hall–Kier alpha value is -7.21. The average Bonchev–Trinajstić information content (AvgIpc) is 3.26. The number of aromatic hydroxyl groups is 1. The molecule has 61 heavy (non-hydrogen) atoms. The van der Waals surface area contributed by atoms with Crippen molar-refractivity contribution in [2.24, 2.45) is 30.7 Å². The van der Waals surface area contributed by atoms with Crippen molar-refractivity contribution in [3.05, 3.63) is 89.0 Å². The van der Waals surface area contributed by atoms with Gasteiger partial charge in [0.25, 0.3) is 26.7 Å². The second-order valence-corrected chi connectivity index (χ2v) is 15.6. The van der Waals surface area contributed by atoms with Crippen LogP contribution in [0.25, 0.3) is 10.8 Å². The maximum Gasteiger partial charge on any atom is 0.337 e. The molecule has 0 saturated carbocycles. The Bertz CT molecular complexity index is 2850. The van der Waals surface area contributed by atoms with Crippen molar-refractivity contribution in [2.75, 3.05) is 41.3 Å². The highest BCUT2D eigenvalue weighted by Crippen LogP contribution is 2.49. The number of nitrogens with two attached hydrogens (primary N) is 1. The number of carbonyl (C=O) groups excluding carboxylic acids is 3. The van der Waals surface area contributed by atoms with Gasteiger partial charge in [-0.2, -0.15) is 32.2 Å². The van der Waals surface area contributed by atoms with Crippen LogP contribution in [0, 0.1) is 6.92 Å². The van der Waals surface area contributed by atoms with E-state index in [0.717, 1.165) is 58.8 Å². The predicted molar refractivity (Wildman–Crippen MR) is 215 cm³/mol. The molecule has 0 bridgehead atoms. The van der Waals surface area contributed by atoms with Crippen LogP contribution in [0.5, 0.6) is 11.5 Å². The predicted octanol–water partition coefficient (Wildman–Crippen LogP) is 7.61. The van der Waals surface area contributed by atoms with E-state index < -0.39 is 69.9 Å². The van der Waals surface area contributed by atoms with Gasteiger partial charge in [-0.3, -0.25) is 13.2 Å². The highest BCUT2D eigenvalue weighted by atomic mass is 32.2. The number of hydrogen-bond acceptors (Lipinski definition) is 21. The minimum atomic E-state index is -4.80. The zero-order valence-corrected chi connectivity index (χ0v) is 34.6. The molecule has 318 valence electrons. The van der Waals surface area contributed by atoms with E-state index in [4.69, 9.17) is 33.0 Å². The van der Waals surface area contributed by atoms with E-state index in [1.165, 1.54) is 13.2 Å². The Morgan fingerprint density at radius 1 is 0.705 bits per heavy atom. The van der Waals surface area contributed by atoms with Gasteiger partial charge in [0.2, 0.25) is 0 Å². The summed E-state index contributed by atoms with van der Waals surface area (Å²) < 4.78 is 82.5. The number of nitrogens with zero attached hydrogens (tertiary/aromatic N) is 6. The first-order chi connectivity index (χ1) is 29.0. The minimum Gasteiger partial charge on any atom is -0.505 e. The topological polar surface area (TPSA) is 295 Å². The molecule has 21 nitrogen and oxygen atoms in total. The summed E-state index contributed by atoms with van der Waals surface area (Å²) in [5.41, 5.74) is 6.71. The number of rotatable bonds is 16. The fraction of sp³-hybridized carbons (Fsp3) is 0.184. The Morgan fingerprint density at radius 2 is 1.31 bits per heavy atom. The van der Waals surface area contributed by atoms with Gasteiger partial charge in [-0.25, -0.2) is 9.59 Å². The molecule has 0 heterocycles. The van der Waals surface area contributed by atoms with Crippen LogP contribution in [-0.4, -0.2) is 75.9 Å². The first-order valence-corrected chi connectivity index (χ1v) is 20.0. The molecule has 5 rings (SSSR count). The fourth-order valence-corrected chi connectivity index (χ4v) is 7.26. The molecule has 0 aliphatic heterocycles. The standard InChI is InChI=1S/C38H35N7O14S2/c1-20-10-28(30(54-2)16-27(20)42-40-24-9-7-8-21(11-24)18-59-19-46)43-44-29-17-31(60(50,51)57-5)26-15-32(61(52,53)58-6)35(36(47)33(26)34(29)39)45-41-25-13-22(37(48)55-3)12-23(14-25)38(49)56-4/h7-17,19,47H,18,39H2,1-6H3. The molecular weight excluding hydrogens is 843 g/mol. The lowest BCUT2D eigenvalue weighted by Crippen LogP contribution is -2.07. The van der Waals surface area contributed by atoms with Crippen LogP contribution in [0.4, 0.5) is 39.8 Å². The number of hydrogen-bond donors (Lipinski definition) is 2. The normalized spacial score (nSPS) is 12.0. The van der Waals surface area contributed by atoms with Crippen molar-refractivity contribution < 1.29 is 63.6 Å². The number of esters is 2. The molecule has 0 aliphatic carbocycles. The number of ether oxygens (including phenoxy) is 4. The number of phenols is 1. The van der Waals surface area contributed by atoms with Crippen molar-refractivity contribution in [2.45, 2.75) is 23.3 Å². The van der Waals surface area contributed by atoms with E-state index in [1.54, 1.807) is 37.3 Å². The molecule has 0 fully saturated rings. The molecule has 0 aliphatic rings. The second-order valence-electron chi connectivity index (χ2n) is 12.3. The summed E-state index contributed by atoms with van der Waals surface area (Å²) >= 11 is 0. The second kappa shape index (κ2) is 18.8. The molecule has 0 unspecified atom stereocenters. The lowest BCUT2D eigenvalue weighted by atomic mass is 10.0. The first-order valence-electron chi connectivity index (χ1n) is 17.2. The number of methoxy groups -OCH3 is 3. The SMILES string of the molecule is COC(=O)c1cc(N=Nc2c(S(=O)(=O)OC)cc3c(S(=O)(=O)OC)cc(N=Nc4cc(C)c(N=Nc5cccc(COC=O)c5)cc4OC)c(N)c3c2O)cc(C(=O)OC)c1. The molecule has 0 spiro atoms. The maximum atomic E-state index is 13.4. The summed E-state index contributed by atoms with van der Waals surface area (Å²) in [5.74, 6) is -2.57. The minimum absolute atomic E-state index is 0.0534. The number of carbonyl (C=O) groups is 3. The van der Waals surface area contributed by atoms with Gasteiger partial charge in [0, 0.05) is 11.5 Å². The summed E-state index contributed by atoms with van der Waals surface area (Å²) in [5, 5.41) is 35.7. The molecule has 5 aromatic rings. The molecule has 3 N–H and O–H groups in total. The van der Waals surface area contributed by atoms with Gasteiger partial charge in [-0.1, -0.05) is 12.1 Å². The fourth-order valence-electron chi connectivity index (χ4n) is 5.58. The number of azo groups is 3. The smallest absolute Gasteiger partial charge is 0.337 e. The first kappa shape index (κ1) is 44.9. The number of aryl methyl sites for hydroxylation is 1. The number of nitrogen functional groups attached to an aromatic ring is 1. The van der Waals surface area contributed by atoms with Crippen molar-refractivity contribution in [1.29, 1.82) is 0 Å². The van der Waals surface area contributed by atoms with E-state index in [9.17, 15) is 36.3 Å². The van der Waals surface area contributed by atoms with Crippen LogP contribution < -0.4 is 10.5 Å². The summed E-state index contributed by atoms with van der Waals surface area (Å²) in [6.07, 6.45) is 0. The molecule has 0 amide bonds. The van der Waals surface area contributed by atoms with Crippen LogP contribution in [0.1, 0.15) is 31.8 Å². The zero-order chi connectivity index (χ0) is 44.6. The number of benzene rings is 5. The molecule has 23 heteroatoms. The monoisotopic (exact) mass is 877 g/mol. The van der Waals surface area contributed by atoms with Gasteiger partial charge < -0.3 is 29.8 Å². The van der Waals surface area contributed by atoms with Crippen LogP contribution in [0.15, 0.2) is 107 Å². The Balaban J connectivity index is 1.68. The largest absolute Gasteiger partial charge is 0.505 e. The Kier molecular flexibility index (Phi) is 13.8. The molecule has 0 radical (unpaired) electrons. The summed E-state index contributed by atoms with van der Waals surface area (Å²) in [6.45, 7) is 2.09. The Labute approximate surface area is 347 Å². The van der Waals surface area contributed by atoms with Crippen LogP contribution in [0.3, 0.4) is 0 Å². The third-order valence-electron chi connectivity index (χ3n) is 8.59. The molecule has 0 saturated heterocycles. The van der Waals surface area contributed by atoms with Crippen LogP contribution in [0.2, 0.25) is 0 Å². The van der Waals surface area contributed by atoms with E-state index in [-0.39, 0.29) is 40.5 Å². The summed E-state index contributed by atoms with van der Waals surface area (Å²) in [4.78, 5) is 33.7. The van der Waals surface area contributed by atoms with Gasteiger partial charge in [0.1, 0.15) is 39.2 Å². The van der Waals surface area contributed by atoms with Crippen molar-refractivity contribution in [3.8, 4) is 11.5 Å². The average molecular weight is 878 g/mol. The molecular formula is C38H35N7O14S2. The third-order valence-corrected chi connectivity index (χ3v) is 11.2. The highest BCUT2D eigenvalue weighted by Gasteiger charge is 2.30. The van der Waals surface area contributed by atoms with Crippen LogP contribution >= 0.6 is 0 Å².